The second-order valence-electron chi connectivity index (χ2n) is 3.32. The van der Waals surface area contributed by atoms with Crippen molar-refractivity contribution in [2.45, 2.75) is 20.3 Å². The van der Waals surface area contributed by atoms with Crippen LogP contribution in [0.2, 0.25) is 0 Å². The molecule has 0 unspecified atom stereocenters. The van der Waals surface area contributed by atoms with Crippen molar-refractivity contribution in [2.24, 2.45) is 0 Å². The van der Waals surface area contributed by atoms with Gasteiger partial charge in [0.2, 0.25) is 0 Å². The number of rotatable bonds is 2. The molecule has 1 heterocycles. The smallest absolute Gasteiger partial charge is 0.254 e. The molecule has 0 radical (unpaired) electrons. The Labute approximate surface area is 96.1 Å². The van der Waals surface area contributed by atoms with Crippen LogP contribution in [-0.4, -0.2) is 30.2 Å². The van der Waals surface area contributed by atoms with Gasteiger partial charge in [-0.05, 0) is 18.1 Å². The summed E-state index contributed by atoms with van der Waals surface area (Å²) in [6, 6.07) is 7.56. The van der Waals surface area contributed by atoms with Gasteiger partial charge in [-0.1, -0.05) is 32.0 Å². The first-order valence-corrected chi connectivity index (χ1v) is 5.64. The highest BCUT2D eigenvalue weighted by Crippen LogP contribution is 2.17. The number of nitrogens with zero attached hydrogens (tertiary/aromatic N) is 1. The molecule has 0 bridgehead atoms. The number of fused-ring (bicyclic) bond motifs is 1. The number of hydrogen-bond acceptors (Lipinski definition) is 2. The molecule has 1 aliphatic rings. The molecule has 0 spiro atoms. The molecular weight excluding hydrogens is 202 g/mol. The van der Waals surface area contributed by atoms with Crippen LogP contribution in [0.4, 0.5) is 0 Å². The average molecular weight is 219 g/mol. The van der Waals surface area contributed by atoms with Gasteiger partial charge in [-0.25, -0.2) is 0 Å². The van der Waals surface area contributed by atoms with E-state index in [0.29, 0.717) is 6.54 Å². The number of benzene rings is 1. The van der Waals surface area contributed by atoms with Crippen LogP contribution in [0.3, 0.4) is 0 Å². The monoisotopic (exact) mass is 219 g/mol. The summed E-state index contributed by atoms with van der Waals surface area (Å²) < 4.78 is 0. The maximum atomic E-state index is 11.8. The molecule has 3 nitrogen and oxygen atoms in total. The van der Waals surface area contributed by atoms with Gasteiger partial charge in [0.05, 0.1) is 6.54 Å². The number of amides is 1. The highest BCUT2D eigenvalue weighted by atomic mass is 16.2. The second kappa shape index (κ2) is 6.05. The van der Waals surface area contributed by atoms with Crippen LogP contribution >= 0.6 is 0 Å². The number of carbonyl (C=O) groups excluding carboxylic acids is 2. The van der Waals surface area contributed by atoms with Crippen molar-refractivity contribution in [3.8, 4) is 0 Å². The van der Waals surface area contributed by atoms with Gasteiger partial charge < -0.3 is 9.69 Å². The summed E-state index contributed by atoms with van der Waals surface area (Å²) in [5.74, 6) is -0.0287. The van der Waals surface area contributed by atoms with Gasteiger partial charge in [-0.3, -0.25) is 4.79 Å². The van der Waals surface area contributed by atoms with E-state index in [0.717, 1.165) is 23.8 Å². The molecule has 3 heteroatoms. The van der Waals surface area contributed by atoms with Gasteiger partial charge in [-0.2, -0.15) is 0 Å². The van der Waals surface area contributed by atoms with Crippen LogP contribution in [-0.2, 0) is 11.2 Å². The minimum absolute atomic E-state index is 0.0287. The van der Waals surface area contributed by atoms with E-state index < -0.39 is 0 Å². The molecule has 0 fully saturated rings. The predicted molar refractivity (Wildman–Crippen MR) is 63.5 cm³/mol. The van der Waals surface area contributed by atoms with E-state index in [2.05, 4.69) is 0 Å². The van der Waals surface area contributed by atoms with E-state index >= 15 is 0 Å². The van der Waals surface area contributed by atoms with Crippen LogP contribution < -0.4 is 0 Å². The van der Waals surface area contributed by atoms with Crippen LogP contribution in [0.25, 0.3) is 0 Å². The van der Waals surface area contributed by atoms with Gasteiger partial charge in [0.15, 0.2) is 0 Å². The Bertz CT molecular complexity index is 374. The first-order valence-electron chi connectivity index (χ1n) is 5.64. The first-order chi connectivity index (χ1) is 7.83. The van der Waals surface area contributed by atoms with Crippen LogP contribution in [0, 0.1) is 0 Å². The summed E-state index contributed by atoms with van der Waals surface area (Å²) in [6.45, 7) is 4.85. The topological polar surface area (TPSA) is 37.4 Å². The van der Waals surface area contributed by atoms with E-state index in [1.807, 2.05) is 38.1 Å². The normalized spacial score (nSPS) is 13.6. The standard InChI is InChI=1S/C11H11NO2.C2H6/c13-8-7-12-6-5-9-3-1-2-4-10(9)11(12)14;1-2/h1-4,8H,5-7H2;1-2H3. The summed E-state index contributed by atoms with van der Waals surface area (Å²) in [5.41, 5.74) is 1.82. The Hall–Kier alpha value is -1.64. The highest BCUT2D eigenvalue weighted by molar-refractivity contribution is 5.97. The molecule has 86 valence electrons. The zero-order valence-corrected chi connectivity index (χ0v) is 9.77. The second-order valence-corrected chi connectivity index (χ2v) is 3.32. The Balaban J connectivity index is 0.000000606. The van der Waals surface area contributed by atoms with Crippen molar-refractivity contribution < 1.29 is 9.59 Å². The summed E-state index contributed by atoms with van der Waals surface area (Å²) in [4.78, 5) is 23.7. The van der Waals surface area contributed by atoms with Gasteiger partial charge in [0, 0.05) is 12.1 Å². The lowest BCUT2D eigenvalue weighted by Crippen LogP contribution is -2.38. The largest absolute Gasteiger partial charge is 0.331 e. The molecule has 2 rings (SSSR count). The molecule has 1 amide bonds. The van der Waals surface area contributed by atoms with Crippen molar-refractivity contribution in [1.82, 2.24) is 4.90 Å². The van der Waals surface area contributed by atoms with E-state index in [1.54, 1.807) is 4.90 Å². The Kier molecular flexibility index (Phi) is 4.70. The average Bonchev–Trinajstić information content (AvgIpc) is 2.36. The summed E-state index contributed by atoms with van der Waals surface area (Å²) in [5, 5.41) is 0. The van der Waals surface area contributed by atoms with E-state index in [4.69, 9.17) is 0 Å². The third-order valence-corrected chi connectivity index (χ3v) is 2.48. The zero-order valence-electron chi connectivity index (χ0n) is 9.77. The fourth-order valence-corrected chi connectivity index (χ4v) is 1.74. The fraction of sp³-hybridized carbons (Fsp3) is 0.385. The summed E-state index contributed by atoms with van der Waals surface area (Å²) >= 11 is 0. The molecular formula is C13H17NO2. The van der Waals surface area contributed by atoms with E-state index in [1.165, 1.54) is 0 Å². The maximum Gasteiger partial charge on any atom is 0.254 e. The van der Waals surface area contributed by atoms with Gasteiger partial charge in [-0.15, -0.1) is 0 Å². The fourth-order valence-electron chi connectivity index (χ4n) is 1.74. The molecule has 0 saturated heterocycles. The predicted octanol–water partition coefficient (Wildman–Crippen LogP) is 1.91. The van der Waals surface area contributed by atoms with Gasteiger partial charge in [0.1, 0.15) is 6.29 Å². The Morgan fingerprint density at radius 3 is 2.69 bits per heavy atom. The van der Waals surface area contributed by atoms with Crippen LogP contribution in [0.5, 0.6) is 0 Å². The van der Waals surface area contributed by atoms with Gasteiger partial charge >= 0.3 is 0 Å². The minimum atomic E-state index is -0.0287. The molecule has 0 aliphatic carbocycles. The minimum Gasteiger partial charge on any atom is -0.331 e. The lowest BCUT2D eigenvalue weighted by molar-refractivity contribution is -0.108. The van der Waals surface area contributed by atoms with E-state index in [-0.39, 0.29) is 12.5 Å². The summed E-state index contributed by atoms with van der Waals surface area (Å²) in [6.07, 6.45) is 1.61. The molecule has 0 N–H and O–H groups in total. The first kappa shape index (κ1) is 12.4. The van der Waals surface area contributed by atoms with Crippen LogP contribution in [0.15, 0.2) is 24.3 Å². The molecule has 0 atom stereocenters. The lowest BCUT2D eigenvalue weighted by atomic mass is 9.99. The molecule has 1 aliphatic heterocycles. The maximum absolute atomic E-state index is 11.8. The van der Waals surface area contributed by atoms with Crippen molar-refractivity contribution in [3.63, 3.8) is 0 Å². The number of carbonyl (C=O) groups is 2. The molecule has 0 aromatic heterocycles. The molecule has 1 aromatic rings. The summed E-state index contributed by atoms with van der Waals surface area (Å²) in [7, 11) is 0. The van der Waals surface area contributed by atoms with Crippen molar-refractivity contribution in [2.75, 3.05) is 13.1 Å². The number of aldehydes is 1. The molecule has 16 heavy (non-hydrogen) atoms. The SMILES string of the molecule is CC.O=CCN1CCc2ccccc2C1=O. The molecule has 0 saturated carbocycles. The quantitative estimate of drug-likeness (QED) is 0.712. The highest BCUT2D eigenvalue weighted by Gasteiger charge is 2.22. The van der Waals surface area contributed by atoms with Crippen molar-refractivity contribution >= 4 is 12.2 Å². The van der Waals surface area contributed by atoms with E-state index in [9.17, 15) is 9.59 Å². The Morgan fingerprint density at radius 1 is 1.31 bits per heavy atom. The zero-order chi connectivity index (χ0) is 12.0. The number of hydrogen-bond donors (Lipinski definition) is 0. The third kappa shape index (κ3) is 2.48. The Morgan fingerprint density at radius 2 is 2.00 bits per heavy atom. The van der Waals surface area contributed by atoms with Crippen molar-refractivity contribution in [3.05, 3.63) is 35.4 Å². The van der Waals surface area contributed by atoms with Crippen molar-refractivity contribution in [1.29, 1.82) is 0 Å². The molecule has 1 aromatic carbocycles. The van der Waals surface area contributed by atoms with Gasteiger partial charge in [0.25, 0.3) is 5.91 Å². The third-order valence-electron chi connectivity index (χ3n) is 2.48. The lowest BCUT2D eigenvalue weighted by Gasteiger charge is -2.26. The van der Waals surface area contributed by atoms with Crippen LogP contribution in [0.1, 0.15) is 29.8 Å².